The van der Waals surface area contributed by atoms with Crippen LogP contribution in [0.3, 0.4) is 0 Å². The molecule has 2 heterocycles. The minimum Gasteiger partial charge on any atom is -0.335 e. The predicted molar refractivity (Wildman–Crippen MR) is 88.0 cm³/mol. The van der Waals surface area contributed by atoms with Gasteiger partial charge in [-0.2, -0.15) is 5.10 Å². The topological polar surface area (TPSA) is 51.9 Å². The number of para-hydroxylation sites is 1. The lowest BCUT2D eigenvalue weighted by Gasteiger charge is -2.09. The minimum atomic E-state index is -0.0383. The van der Waals surface area contributed by atoms with Gasteiger partial charge < -0.3 is 9.88 Å². The van der Waals surface area contributed by atoms with E-state index < -0.39 is 0 Å². The molecule has 3 rings (SSSR count). The second-order valence-corrected chi connectivity index (χ2v) is 5.65. The lowest BCUT2D eigenvalue weighted by atomic mass is 10.2. The van der Waals surface area contributed by atoms with Crippen molar-refractivity contribution in [3.05, 3.63) is 47.4 Å². The number of fused-ring (bicyclic) bond motifs is 1. The van der Waals surface area contributed by atoms with Crippen molar-refractivity contribution in [1.29, 1.82) is 0 Å². The van der Waals surface area contributed by atoms with Crippen molar-refractivity contribution < 1.29 is 4.79 Å². The second kappa shape index (κ2) is 5.33. The molecule has 22 heavy (non-hydrogen) atoms. The van der Waals surface area contributed by atoms with Gasteiger partial charge in [0.2, 0.25) is 5.91 Å². The largest absolute Gasteiger partial charge is 0.335 e. The molecule has 1 amide bonds. The molecule has 0 fully saturated rings. The molecule has 5 nitrogen and oxygen atoms in total. The van der Waals surface area contributed by atoms with E-state index in [2.05, 4.69) is 22.5 Å². The number of nitrogens with zero attached hydrogens (tertiary/aromatic N) is 3. The molecule has 0 aliphatic rings. The average Bonchev–Trinajstić information content (AvgIpc) is 2.91. The fourth-order valence-electron chi connectivity index (χ4n) is 2.84. The highest BCUT2D eigenvalue weighted by atomic mass is 16.2. The van der Waals surface area contributed by atoms with E-state index in [0.717, 1.165) is 33.7 Å². The van der Waals surface area contributed by atoms with E-state index >= 15 is 0 Å². The number of hydrogen-bond donors (Lipinski definition) is 1. The first kappa shape index (κ1) is 14.4. The Kier molecular flexibility index (Phi) is 3.48. The van der Waals surface area contributed by atoms with Gasteiger partial charge in [0.15, 0.2) is 0 Å². The Balaban J connectivity index is 1.86. The zero-order valence-electron chi connectivity index (χ0n) is 13.3. The molecular formula is C17H20N4O. The Bertz CT molecular complexity index is 857. The summed E-state index contributed by atoms with van der Waals surface area (Å²) in [5.74, 6) is -0.0383. The molecule has 0 radical (unpaired) electrons. The van der Waals surface area contributed by atoms with Crippen molar-refractivity contribution in [2.24, 2.45) is 7.05 Å². The van der Waals surface area contributed by atoms with Gasteiger partial charge in [-0.25, -0.2) is 0 Å². The summed E-state index contributed by atoms with van der Waals surface area (Å²) in [5.41, 5.74) is 4.76. The lowest BCUT2D eigenvalue weighted by Crippen LogP contribution is -2.20. The van der Waals surface area contributed by atoms with Crippen molar-refractivity contribution in [3.63, 3.8) is 0 Å². The Morgan fingerprint density at radius 3 is 2.64 bits per heavy atom. The van der Waals surface area contributed by atoms with Gasteiger partial charge >= 0.3 is 0 Å². The maximum absolute atomic E-state index is 12.4. The maximum Gasteiger partial charge on any atom is 0.244 e. The van der Waals surface area contributed by atoms with Crippen LogP contribution in [-0.4, -0.2) is 20.3 Å². The standard InChI is InChI=1S/C17H20N4O/c1-11-9-14-7-5-6-8-15(14)21(11)10-16(22)18-17-12(2)19-20(4)13(17)3/h5-9H,10H2,1-4H3,(H,18,22). The van der Waals surface area contributed by atoms with Crippen molar-refractivity contribution in [3.8, 4) is 0 Å². The Hall–Kier alpha value is -2.56. The highest BCUT2D eigenvalue weighted by Gasteiger charge is 2.14. The number of rotatable bonds is 3. The van der Waals surface area contributed by atoms with Gasteiger partial charge in [-0.1, -0.05) is 18.2 Å². The van der Waals surface area contributed by atoms with Crippen LogP contribution in [0.1, 0.15) is 17.1 Å². The van der Waals surface area contributed by atoms with Crippen LogP contribution in [-0.2, 0) is 18.4 Å². The third kappa shape index (κ3) is 2.39. The number of amides is 1. The molecule has 114 valence electrons. The summed E-state index contributed by atoms with van der Waals surface area (Å²) in [4.78, 5) is 12.4. The molecule has 0 aliphatic carbocycles. The van der Waals surface area contributed by atoms with E-state index in [1.165, 1.54) is 0 Å². The summed E-state index contributed by atoms with van der Waals surface area (Å²) >= 11 is 0. The maximum atomic E-state index is 12.4. The Morgan fingerprint density at radius 2 is 1.95 bits per heavy atom. The van der Waals surface area contributed by atoms with Crippen LogP contribution >= 0.6 is 0 Å². The SMILES string of the molecule is Cc1nn(C)c(C)c1NC(=O)Cn1c(C)cc2ccccc21. The second-order valence-electron chi connectivity index (χ2n) is 5.65. The lowest BCUT2D eigenvalue weighted by molar-refractivity contribution is -0.116. The first-order valence-electron chi connectivity index (χ1n) is 7.32. The molecule has 0 spiro atoms. The molecule has 0 saturated heterocycles. The smallest absolute Gasteiger partial charge is 0.244 e. The highest BCUT2D eigenvalue weighted by molar-refractivity contribution is 5.93. The zero-order chi connectivity index (χ0) is 15.9. The van der Waals surface area contributed by atoms with Crippen molar-refractivity contribution in [2.75, 3.05) is 5.32 Å². The molecule has 5 heteroatoms. The third-order valence-corrected chi connectivity index (χ3v) is 4.09. The number of benzene rings is 1. The number of aromatic nitrogens is 3. The molecule has 0 unspecified atom stereocenters. The number of carbonyl (C=O) groups is 1. The summed E-state index contributed by atoms with van der Waals surface area (Å²) in [6.45, 7) is 6.17. The first-order chi connectivity index (χ1) is 10.5. The van der Waals surface area contributed by atoms with Gasteiger partial charge in [-0.3, -0.25) is 9.48 Å². The Morgan fingerprint density at radius 1 is 1.23 bits per heavy atom. The first-order valence-corrected chi connectivity index (χ1v) is 7.32. The van der Waals surface area contributed by atoms with Crippen LogP contribution in [0.4, 0.5) is 5.69 Å². The molecule has 0 atom stereocenters. The van der Waals surface area contributed by atoms with Crippen molar-refractivity contribution >= 4 is 22.5 Å². The summed E-state index contributed by atoms with van der Waals surface area (Å²) in [6, 6.07) is 10.2. The molecule has 1 aromatic carbocycles. The van der Waals surface area contributed by atoms with Gasteiger partial charge in [0.1, 0.15) is 6.54 Å². The van der Waals surface area contributed by atoms with Crippen molar-refractivity contribution in [2.45, 2.75) is 27.3 Å². The van der Waals surface area contributed by atoms with Gasteiger partial charge in [0.05, 0.1) is 17.1 Å². The third-order valence-electron chi connectivity index (χ3n) is 4.09. The van der Waals surface area contributed by atoms with Crippen LogP contribution in [0.2, 0.25) is 0 Å². The Labute approximate surface area is 129 Å². The number of aryl methyl sites for hydroxylation is 3. The molecule has 0 aliphatic heterocycles. The summed E-state index contributed by atoms with van der Waals surface area (Å²) in [5, 5.41) is 8.46. The van der Waals surface area contributed by atoms with Gasteiger partial charge in [0, 0.05) is 18.3 Å². The van der Waals surface area contributed by atoms with E-state index in [9.17, 15) is 4.79 Å². The minimum absolute atomic E-state index is 0.0383. The van der Waals surface area contributed by atoms with Crippen LogP contribution in [0.5, 0.6) is 0 Å². The quantitative estimate of drug-likeness (QED) is 0.808. The van der Waals surface area contributed by atoms with Crippen LogP contribution in [0.15, 0.2) is 30.3 Å². The van der Waals surface area contributed by atoms with Crippen LogP contribution < -0.4 is 5.32 Å². The van der Waals surface area contributed by atoms with Crippen LogP contribution in [0.25, 0.3) is 10.9 Å². The fraction of sp³-hybridized carbons (Fsp3) is 0.294. The zero-order valence-corrected chi connectivity index (χ0v) is 13.3. The molecule has 0 bridgehead atoms. The molecule has 3 aromatic rings. The van der Waals surface area contributed by atoms with E-state index in [4.69, 9.17) is 0 Å². The number of hydrogen-bond acceptors (Lipinski definition) is 2. The summed E-state index contributed by atoms with van der Waals surface area (Å²) < 4.78 is 3.81. The van der Waals surface area contributed by atoms with Gasteiger partial charge in [-0.15, -0.1) is 0 Å². The average molecular weight is 296 g/mol. The van der Waals surface area contributed by atoms with E-state index in [1.807, 2.05) is 50.6 Å². The highest BCUT2D eigenvalue weighted by Crippen LogP contribution is 2.21. The molecule has 1 N–H and O–H groups in total. The van der Waals surface area contributed by atoms with Crippen molar-refractivity contribution in [1.82, 2.24) is 14.3 Å². The predicted octanol–water partition coefficient (Wildman–Crippen LogP) is 2.94. The van der Waals surface area contributed by atoms with E-state index in [-0.39, 0.29) is 5.91 Å². The van der Waals surface area contributed by atoms with Gasteiger partial charge in [-0.05, 0) is 38.3 Å². The molecule has 2 aromatic heterocycles. The number of carbonyl (C=O) groups excluding carboxylic acids is 1. The number of nitrogens with one attached hydrogen (secondary N) is 1. The monoisotopic (exact) mass is 296 g/mol. The van der Waals surface area contributed by atoms with E-state index in [1.54, 1.807) is 4.68 Å². The fourth-order valence-corrected chi connectivity index (χ4v) is 2.84. The molecule has 0 saturated carbocycles. The molecular weight excluding hydrogens is 276 g/mol. The normalized spacial score (nSPS) is 11.1. The van der Waals surface area contributed by atoms with Crippen LogP contribution in [0, 0.1) is 20.8 Å². The summed E-state index contributed by atoms with van der Waals surface area (Å²) in [6.07, 6.45) is 0. The van der Waals surface area contributed by atoms with E-state index in [0.29, 0.717) is 6.54 Å². The van der Waals surface area contributed by atoms with Gasteiger partial charge in [0.25, 0.3) is 0 Å². The summed E-state index contributed by atoms with van der Waals surface area (Å²) in [7, 11) is 1.88. The number of anilines is 1.